The van der Waals surface area contributed by atoms with Crippen LogP contribution in [0.1, 0.15) is 12.5 Å². The standard InChI is InChI=1S/C18H21ClN2O4S/c1-4-25-17-8-6-5-7-16(17)21(26(3,23)24)12-18(22)20-15-10-9-14(19)11-13(15)2/h5-11H,4,12H2,1-3H3,(H,20,22). The van der Waals surface area contributed by atoms with Crippen molar-refractivity contribution in [2.45, 2.75) is 13.8 Å². The molecule has 26 heavy (non-hydrogen) atoms. The van der Waals surface area contributed by atoms with Crippen molar-refractivity contribution in [2.75, 3.05) is 29.0 Å². The number of nitrogens with zero attached hydrogens (tertiary/aromatic N) is 1. The fourth-order valence-corrected chi connectivity index (χ4v) is 3.50. The zero-order valence-corrected chi connectivity index (χ0v) is 16.4. The third-order valence-electron chi connectivity index (χ3n) is 3.58. The molecule has 6 nitrogen and oxygen atoms in total. The quantitative estimate of drug-likeness (QED) is 0.777. The fraction of sp³-hybridized carbons (Fsp3) is 0.278. The van der Waals surface area contributed by atoms with Crippen molar-refractivity contribution in [3.8, 4) is 5.75 Å². The van der Waals surface area contributed by atoms with Crippen LogP contribution in [0.25, 0.3) is 0 Å². The predicted octanol–water partition coefficient (Wildman–Crippen LogP) is 3.45. The monoisotopic (exact) mass is 396 g/mol. The Morgan fingerprint density at radius 1 is 1.23 bits per heavy atom. The van der Waals surface area contributed by atoms with E-state index in [4.69, 9.17) is 16.3 Å². The summed E-state index contributed by atoms with van der Waals surface area (Å²) >= 11 is 5.91. The summed E-state index contributed by atoms with van der Waals surface area (Å²) in [7, 11) is -3.69. The lowest BCUT2D eigenvalue weighted by Gasteiger charge is -2.24. The molecule has 0 saturated carbocycles. The molecule has 8 heteroatoms. The molecule has 0 atom stereocenters. The van der Waals surface area contributed by atoms with Gasteiger partial charge < -0.3 is 10.1 Å². The molecule has 0 aliphatic rings. The Hall–Kier alpha value is -2.25. The van der Waals surface area contributed by atoms with Crippen LogP contribution in [0.3, 0.4) is 0 Å². The average molecular weight is 397 g/mol. The summed E-state index contributed by atoms with van der Waals surface area (Å²) in [6.45, 7) is 3.62. The number of para-hydroxylation sites is 2. The summed E-state index contributed by atoms with van der Waals surface area (Å²) in [6, 6.07) is 11.8. The van der Waals surface area contributed by atoms with Gasteiger partial charge >= 0.3 is 0 Å². The molecule has 0 aliphatic heterocycles. The number of ether oxygens (including phenoxy) is 1. The number of rotatable bonds is 7. The van der Waals surface area contributed by atoms with Crippen LogP contribution in [0, 0.1) is 6.92 Å². The largest absolute Gasteiger partial charge is 0.492 e. The van der Waals surface area contributed by atoms with Gasteiger partial charge in [0.1, 0.15) is 12.3 Å². The van der Waals surface area contributed by atoms with Crippen LogP contribution in [0.4, 0.5) is 11.4 Å². The number of carbonyl (C=O) groups excluding carboxylic acids is 1. The summed E-state index contributed by atoms with van der Waals surface area (Å²) in [5.41, 5.74) is 1.68. The Morgan fingerprint density at radius 3 is 2.54 bits per heavy atom. The summed E-state index contributed by atoms with van der Waals surface area (Å²) in [5, 5.41) is 3.28. The normalized spacial score (nSPS) is 11.1. The summed E-state index contributed by atoms with van der Waals surface area (Å²) in [5.74, 6) is -0.0666. The number of hydrogen-bond acceptors (Lipinski definition) is 4. The Balaban J connectivity index is 2.28. The van der Waals surface area contributed by atoms with Crippen LogP contribution in [-0.4, -0.2) is 33.7 Å². The van der Waals surface area contributed by atoms with Crippen LogP contribution < -0.4 is 14.4 Å². The molecule has 140 valence electrons. The van der Waals surface area contributed by atoms with Crippen molar-refractivity contribution in [2.24, 2.45) is 0 Å². The molecule has 1 N–H and O–H groups in total. The van der Waals surface area contributed by atoms with E-state index in [1.54, 1.807) is 56.3 Å². The van der Waals surface area contributed by atoms with E-state index in [0.717, 1.165) is 16.1 Å². The first-order valence-corrected chi connectivity index (χ1v) is 10.2. The van der Waals surface area contributed by atoms with E-state index in [9.17, 15) is 13.2 Å². The molecule has 0 aliphatic carbocycles. The maximum atomic E-state index is 12.5. The summed E-state index contributed by atoms with van der Waals surface area (Å²) in [4.78, 5) is 12.5. The molecule has 0 spiro atoms. The Bertz CT molecular complexity index is 900. The van der Waals surface area contributed by atoms with E-state index in [0.29, 0.717) is 28.8 Å². The number of nitrogens with one attached hydrogen (secondary N) is 1. The van der Waals surface area contributed by atoms with E-state index >= 15 is 0 Å². The molecule has 2 rings (SSSR count). The Kier molecular flexibility index (Phi) is 6.50. The summed E-state index contributed by atoms with van der Waals surface area (Å²) < 4.78 is 31.0. The molecule has 1 amide bonds. The maximum absolute atomic E-state index is 12.5. The maximum Gasteiger partial charge on any atom is 0.245 e. The van der Waals surface area contributed by atoms with Crippen molar-refractivity contribution < 1.29 is 17.9 Å². The van der Waals surface area contributed by atoms with Crippen molar-refractivity contribution in [3.05, 3.63) is 53.1 Å². The highest BCUT2D eigenvalue weighted by Crippen LogP contribution is 2.30. The first kappa shape index (κ1) is 20.1. The average Bonchev–Trinajstić information content (AvgIpc) is 2.55. The number of sulfonamides is 1. The number of anilines is 2. The number of amides is 1. The predicted molar refractivity (Wildman–Crippen MR) is 105 cm³/mol. The van der Waals surface area contributed by atoms with Crippen LogP contribution in [0.15, 0.2) is 42.5 Å². The number of halogens is 1. The van der Waals surface area contributed by atoms with Gasteiger partial charge in [-0.2, -0.15) is 0 Å². The lowest BCUT2D eigenvalue weighted by Crippen LogP contribution is -2.37. The highest BCUT2D eigenvalue weighted by atomic mass is 35.5. The lowest BCUT2D eigenvalue weighted by molar-refractivity contribution is -0.114. The highest BCUT2D eigenvalue weighted by Gasteiger charge is 2.24. The van der Waals surface area contributed by atoms with Gasteiger partial charge in [0.25, 0.3) is 0 Å². The third kappa shape index (κ3) is 5.12. The van der Waals surface area contributed by atoms with E-state index in [1.807, 2.05) is 0 Å². The van der Waals surface area contributed by atoms with E-state index in [1.165, 1.54) is 0 Å². The molecule has 0 fully saturated rings. The number of aryl methyl sites for hydroxylation is 1. The molecule has 0 radical (unpaired) electrons. The van der Waals surface area contributed by atoms with Crippen LogP contribution in [0.5, 0.6) is 5.75 Å². The zero-order chi connectivity index (χ0) is 19.3. The van der Waals surface area contributed by atoms with Crippen LogP contribution in [-0.2, 0) is 14.8 Å². The third-order valence-corrected chi connectivity index (χ3v) is 4.95. The molecule has 0 bridgehead atoms. The van der Waals surface area contributed by atoms with Gasteiger partial charge in [0.2, 0.25) is 15.9 Å². The molecule has 2 aromatic rings. The van der Waals surface area contributed by atoms with Crippen molar-refractivity contribution >= 4 is 38.9 Å². The minimum absolute atomic E-state index is 0.319. The van der Waals surface area contributed by atoms with E-state index < -0.39 is 15.9 Å². The molecule has 0 heterocycles. The van der Waals surface area contributed by atoms with Gasteiger partial charge in [-0.05, 0) is 49.7 Å². The van der Waals surface area contributed by atoms with Gasteiger partial charge in [-0.1, -0.05) is 23.7 Å². The van der Waals surface area contributed by atoms with Crippen LogP contribution >= 0.6 is 11.6 Å². The Labute approximate surface area is 158 Å². The van der Waals surface area contributed by atoms with Gasteiger partial charge in [-0.3, -0.25) is 9.10 Å². The van der Waals surface area contributed by atoms with E-state index in [2.05, 4.69) is 5.32 Å². The molecular formula is C18H21ClN2O4S. The second-order valence-corrected chi connectivity index (χ2v) is 8.02. The molecule has 0 aromatic heterocycles. The van der Waals surface area contributed by atoms with Gasteiger partial charge in [0.05, 0.1) is 18.6 Å². The van der Waals surface area contributed by atoms with Crippen LogP contribution in [0.2, 0.25) is 5.02 Å². The molecule has 0 unspecified atom stereocenters. The first-order chi connectivity index (χ1) is 12.2. The van der Waals surface area contributed by atoms with Crippen molar-refractivity contribution in [1.29, 1.82) is 0 Å². The van der Waals surface area contributed by atoms with Crippen molar-refractivity contribution in [3.63, 3.8) is 0 Å². The molecular weight excluding hydrogens is 376 g/mol. The number of carbonyl (C=O) groups is 1. The SMILES string of the molecule is CCOc1ccccc1N(CC(=O)Nc1ccc(Cl)cc1C)S(C)(=O)=O. The highest BCUT2D eigenvalue weighted by molar-refractivity contribution is 7.92. The van der Waals surface area contributed by atoms with Crippen molar-refractivity contribution in [1.82, 2.24) is 0 Å². The van der Waals surface area contributed by atoms with Gasteiger partial charge in [-0.15, -0.1) is 0 Å². The van der Waals surface area contributed by atoms with Gasteiger partial charge in [0, 0.05) is 10.7 Å². The minimum Gasteiger partial charge on any atom is -0.492 e. The first-order valence-electron chi connectivity index (χ1n) is 7.98. The smallest absolute Gasteiger partial charge is 0.245 e. The Morgan fingerprint density at radius 2 is 1.92 bits per heavy atom. The lowest BCUT2D eigenvalue weighted by atomic mass is 10.2. The molecule has 2 aromatic carbocycles. The summed E-state index contributed by atoms with van der Waals surface area (Å²) in [6.07, 6.45) is 1.05. The number of hydrogen-bond donors (Lipinski definition) is 1. The van der Waals surface area contributed by atoms with Gasteiger partial charge in [0.15, 0.2) is 0 Å². The second kappa shape index (κ2) is 8.42. The van der Waals surface area contributed by atoms with Gasteiger partial charge in [-0.25, -0.2) is 8.42 Å². The minimum atomic E-state index is -3.69. The molecule has 0 saturated heterocycles. The topological polar surface area (TPSA) is 75.7 Å². The fourth-order valence-electron chi connectivity index (χ4n) is 2.41. The number of benzene rings is 2. The zero-order valence-electron chi connectivity index (χ0n) is 14.8. The van der Waals surface area contributed by atoms with E-state index in [-0.39, 0.29) is 6.54 Å². The second-order valence-electron chi connectivity index (χ2n) is 5.68.